The summed E-state index contributed by atoms with van der Waals surface area (Å²) < 4.78 is 0. The third kappa shape index (κ3) is 6.90. The van der Waals surface area contributed by atoms with Gasteiger partial charge < -0.3 is 15.9 Å². The van der Waals surface area contributed by atoms with Crippen molar-refractivity contribution in [3.05, 3.63) is 114 Å². The van der Waals surface area contributed by atoms with Crippen LogP contribution in [0.1, 0.15) is 28.8 Å². The van der Waals surface area contributed by atoms with Gasteiger partial charge in [0, 0.05) is 6.08 Å². The number of carboxylic acid groups (broad SMARTS) is 1. The molecule has 4 N–H and O–H groups in total. The second-order valence-corrected chi connectivity index (χ2v) is 5.87. The molecule has 0 saturated carbocycles. The van der Waals surface area contributed by atoms with Crippen molar-refractivity contribution in [3.8, 4) is 0 Å². The topological polar surface area (TPSA) is 83.5 Å². The molecular weight excluding hydrogens is 338 g/mol. The van der Waals surface area contributed by atoms with E-state index >= 15 is 0 Å². The molecule has 0 bridgehead atoms. The van der Waals surface area contributed by atoms with Gasteiger partial charge >= 0.3 is 5.97 Å². The number of aliphatic carboxylic acids is 1. The van der Waals surface area contributed by atoms with Crippen molar-refractivity contribution in [3.63, 3.8) is 0 Å². The van der Waals surface area contributed by atoms with E-state index in [1.807, 2.05) is 91.0 Å². The Hall–Kier alpha value is -3.21. The van der Waals surface area contributed by atoms with Crippen LogP contribution in [0.4, 0.5) is 0 Å². The van der Waals surface area contributed by atoms with E-state index in [-0.39, 0.29) is 6.04 Å². The average molecular weight is 361 g/mol. The van der Waals surface area contributed by atoms with Crippen molar-refractivity contribution in [1.82, 2.24) is 0 Å². The van der Waals surface area contributed by atoms with E-state index in [4.69, 9.17) is 10.8 Å². The largest absolute Gasteiger partial charge is 0.478 e. The lowest BCUT2D eigenvalue weighted by molar-refractivity contribution is -0.131. The SMILES string of the molecule is NC(c1ccccc1)C(O)c1ccccc1.O=C(O)C=Cc1ccccc1. The second-order valence-electron chi connectivity index (χ2n) is 5.87. The summed E-state index contributed by atoms with van der Waals surface area (Å²) in [6.07, 6.45) is 2.01. The molecule has 0 aromatic heterocycles. The van der Waals surface area contributed by atoms with Gasteiger partial charge in [-0.25, -0.2) is 4.79 Å². The number of carboxylic acids is 1. The fraction of sp³-hybridized carbons (Fsp3) is 0.0870. The van der Waals surface area contributed by atoms with E-state index in [0.717, 1.165) is 22.8 Å². The molecule has 2 unspecified atom stereocenters. The first-order valence-electron chi connectivity index (χ1n) is 8.57. The molecule has 0 radical (unpaired) electrons. The van der Waals surface area contributed by atoms with Crippen molar-refractivity contribution in [2.75, 3.05) is 0 Å². The van der Waals surface area contributed by atoms with Gasteiger partial charge in [0.25, 0.3) is 0 Å². The van der Waals surface area contributed by atoms with Crippen LogP contribution >= 0.6 is 0 Å². The number of aliphatic hydroxyl groups is 1. The Morgan fingerprint density at radius 2 is 1.22 bits per heavy atom. The Labute approximate surface area is 159 Å². The zero-order chi connectivity index (χ0) is 19.5. The average Bonchev–Trinajstić information content (AvgIpc) is 2.73. The van der Waals surface area contributed by atoms with Gasteiger partial charge in [0.2, 0.25) is 0 Å². The third-order valence-corrected chi connectivity index (χ3v) is 3.88. The molecule has 0 heterocycles. The Bertz CT molecular complexity index is 790. The standard InChI is InChI=1S/C14H15NO.C9H8O2/c15-13(11-7-3-1-4-8-11)14(16)12-9-5-2-6-10-12;10-9(11)7-6-8-4-2-1-3-5-8/h1-10,13-14,16H,15H2;1-7H,(H,10,11). The van der Waals surface area contributed by atoms with Crippen LogP contribution in [0.5, 0.6) is 0 Å². The van der Waals surface area contributed by atoms with Gasteiger partial charge in [-0.3, -0.25) is 0 Å². The number of rotatable bonds is 5. The van der Waals surface area contributed by atoms with Gasteiger partial charge in [-0.1, -0.05) is 91.0 Å². The quantitative estimate of drug-likeness (QED) is 0.595. The molecular formula is C23H23NO3. The number of nitrogens with two attached hydrogens (primary N) is 1. The minimum atomic E-state index is -0.922. The highest BCUT2D eigenvalue weighted by atomic mass is 16.4. The summed E-state index contributed by atoms with van der Waals surface area (Å²) in [6.45, 7) is 0. The molecule has 0 spiro atoms. The molecule has 3 rings (SSSR count). The first-order chi connectivity index (χ1) is 13.1. The van der Waals surface area contributed by atoms with Gasteiger partial charge in [-0.15, -0.1) is 0 Å². The molecule has 0 aliphatic carbocycles. The molecule has 27 heavy (non-hydrogen) atoms. The fourth-order valence-corrected chi connectivity index (χ4v) is 2.45. The van der Waals surface area contributed by atoms with E-state index in [1.165, 1.54) is 0 Å². The van der Waals surface area contributed by atoms with Crippen molar-refractivity contribution in [2.45, 2.75) is 12.1 Å². The Morgan fingerprint density at radius 1 is 0.778 bits per heavy atom. The number of carbonyl (C=O) groups is 1. The number of aliphatic hydroxyl groups excluding tert-OH is 1. The lowest BCUT2D eigenvalue weighted by atomic mass is 9.97. The van der Waals surface area contributed by atoms with Gasteiger partial charge in [0.1, 0.15) is 0 Å². The predicted octanol–water partition coefficient (Wildman–Crippen LogP) is 4.20. The van der Waals surface area contributed by atoms with E-state index in [2.05, 4.69) is 0 Å². The molecule has 0 amide bonds. The summed E-state index contributed by atoms with van der Waals surface area (Å²) in [6, 6.07) is 28.0. The molecule has 0 saturated heterocycles. The Balaban J connectivity index is 0.000000208. The Morgan fingerprint density at radius 3 is 1.70 bits per heavy atom. The summed E-state index contributed by atoms with van der Waals surface area (Å²) in [4.78, 5) is 10.1. The van der Waals surface area contributed by atoms with Crippen LogP contribution in [0, 0.1) is 0 Å². The summed E-state index contributed by atoms with van der Waals surface area (Å²) in [5.74, 6) is -0.922. The first kappa shape index (κ1) is 20.1. The molecule has 2 atom stereocenters. The number of hydrogen-bond acceptors (Lipinski definition) is 3. The monoisotopic (exact) mass is 361 g/mol. The third-order valence-electron chi connectivity index (χ3n) is 3.88. The highest BCUT2D eigenvalue weighted by Gasteiger charge is 2.17. The highest BCUT2D eigenvalue weighted by Crippen LogP contribution is 2.25. The summed E-state index contributed by atoms with van der Waals surface area (Å²) in [7, 11) is 0. The second kappa shape index (κ2) is 10.7. The first-order valence-corrected chi connectivity index (χ1v) is 8.57. The molecule has 3 aromatic rings. The minimum Gasteiger partial charge on any atom is -0.478 e. The van der Waals surface area contributed by atoms with Crippen LogP contribution in [0.25, 0.3) is 6.08 Å². The molecule has 3 aromatic carbocycles. The van der Waals surface area contributed by atoms with Crippen molar-refractivity contribution in [1.29, 1.82) is 0 Å². The predicted molar refractivity (Wildman–Crippen MR) is 108 cm³/mol. The van der Waals surface area contributed by atoms with Crippen molar-refractivity contribution < 1.29 is 15.0 Å². The number of hydrogen-bond donors (Lipinski definition) is 3. The van der Waals surface area contributed by atoms with Gasteiger partial charge in [-0.05, 0) is 22.8 Å². The van der Waals surface area contributed by atoms with Crippen LogP contribution in [0.3, 0.4) is 0 Å². The lowest BCUT2D eigenvalue weighted by Crippen LogP contribution is -2.19. The molecule has 0 aliphatic rings. The van der Waals surface area contributed by atoms with E-state index in [0.29, 0.717) is 0 Å². The lowest BCUT2D eigenvalue weighted by Gasteiger charge is -2.19. The van der Waals surface area contributed by atoms with E-state index < -0.39 is 12.1 Å². The van der Waals surface area contributed by atoms with Crippen LogP contribution in [0.15, 0.2) is 97.1 Å². The summed E-state index contributed by atoms with van der Waals surface area (Å²) in [5, 5.41) is 18.4. The maximum Gasteiger partial charge on any atom is 0.328 e. The van der Waals surface area contributed by atoms with Crippen LogP contribution in [-0.4, -0.2) is 16.2 Å². The number of benzene rings is 3. The fourth-order valence-electron chi connectivity index (χ4n) is 2.45. The summed E-state index contributed by atoms with van der Waals surface area (Å²) >= 11 is 0. The minimum absolute atomic E-state index is 0.386. The normalized spacial score (nSPS) is 12.7. The van der Waals surface area contributed by atoms with E-state index in [9.17, 15) is 9.90 Å². The van der Waals surface area contributed by atoms with Gasteiger partial charge in [-0.2, -0.15) is 0 Å². The van der Waals surface area contributed by atoms with Crippen LogP contribution in [0.2, 0.25) is 0 Å². The smallest absolute Gasteiger partial charge is 0.328 e. The van der Waals surface area contributed by atoms with Crippen LogP contribution in [-0.2, 0) is 4.79 Å². The molecule has 138 valence electrons. The maximum atomic E-state index is 10.1. The van der Waals surface area contributed by atoms with Crippen molar-refractivity contribution >= 4 is 12.0 Å². The Kier molecular flexibility index (Phi) is 7.97. The van der Waals surface area contributed by atoms with Crippen LogP contribution < -0.4 is 5.73 Å². The zero-order valence-electron chi connectivity index (χ0n) is 14.8. The molecule has 0 aliphatic heterocycles. The molecule has 4 heteroatoms. The van der Waals surface area contributed by atoms with Gasteiger partial charge in [0.15, 0.2) is 0 Å². The molecule has 0 fully saturated rings. The van der Waals surface area contributed by atoms with Gasteiger partial charge in [0.05, 0.1) is 12.1 Å². The van der Waals surface area contributed by atoms with Crippen molar-refractivity contribution in [2.24, 2.45) is 5.73 Å². The zero-order valence-corrected chi connectivity index (χ0v) is 14.8. The molecule has 4 nitrogen and oxygen atoms in total. The highest BCUT2D eigenvalue weighted by molar-refractivity contribution is 5.85. The summed E-state index contributed by atoms with van der Waals surface area (Å²) in [5.41, 5.74) is 8.71. The maximum absolute atomic E-state index is 10.1. The van der Waals surface area contributed by atoms with E-state index in [1.54, 1.807) is 6.08 Å².